The predicted octanol–water partition coefficient (Wildman–Crippen LogP) is 3.59. The van der Waals surface area contributed by atoms with Crippen LogP contribution in [-0.4, -0.2) is 32.5 Å². The summed E-state index contributed by atoms with van der Waals surface area (Å²) in [5.74, 6) is -1.86. The monoisotopic (exact) mass is 520 g/mol. The fraction of sp³-hybridized carbons (Fsp3) is 0.100. The zero-order chi connectivity index (χ0) is 27.7. The standard InChI is InChI=1S/C30H24N4O5/c1-33-27(31)26(28(36)34(2)30(33)38)25(35)17-39-29(37)22-16-24(32-23-11-7-6-10-21(22)23)20-14-12-19(13-15-20)18-8-4-3-5-9-18/h3-16H,17,31H2,1-2H3. The lowest BCUT2D eigenvalue weighted by Crippen LogP contribution is -2.42. The van der Waals surface area contributed by atoms with Gasteiger partial charge in [-0.15, -0.1) is 0 Å². The largest absolute Gasteiger partial charge is 0.454 e. The second-order valence-corrected chi connectivity index (χ2v) is 8.98. The number of nitrogen functional groups attached to an aromatic ring is 1. The van der Waals surface area contributed by atoms with Gasteiger partial charge in [0.2, 0.25) is 5.78 Å². The third-order valence-electron chi connectivity index (χ3n) is 6.55. The fourth-order valence-corrected chi connectivity index (χ4v) is 4.36. The molecule has 0 radical (unpaired) electrons. The van der Waals surface area contributed by atoms with Crippen molar-refractivity contribution < 1.29 is 14.3 Å². The van der Waals surface area contributed by atoms with Gasteiger partial charge >= 0.3 is 11.7 Å². The van der Waals surface area contributed by atoms with Crippen LogP contribution in [0.3, 0.4) is 0 Å². The molecule has 0 aliphatic heterocycles. The number of ether oxygens (including phenoxy) is 1. The van der Waals surface area contributed by atoms with Gasteiger partial charge in [0.1, 0.15) is 11.4 Å². The van der Waals surface area contributed by atoms with Gasteiger partial charge in [-0.25, -0.2) is 14.6 Å². The number of hydrogen-bond donors (Lipinski definition) is 1. The molecule has 9 nitrogen and oxygen atoms in total. The van der Waals surface area contributed by atoms with Crippen LogP contribution >= 0.6 is 0 Å². The molecule has 0 aliphatic carbocycles. The molecule has 3 aromatic carbocycles. The summed E-state index contributed by atoms with van der Waals surface area (Å²) in [6.07, 6.45) is 0. The van der Waals surface area contributed by atoms with Gasteiger partial charge in [-0.1, -0.05) is 72.8 Å². The van der Waals surface area contributed by atoms with Crippen molar-refractivity contribution in [1.29, 1.82) is 0 Å². The predicted molar refractivity (Wildman–Crippen MR) is 149 cm³/mol. The van der Waals surface area contributed by atoms with E-state index in [1.165, 1.54) is 14.1 Å². The molecular formula is C30H24N4O5. The first-order valence-electron chi connectivity index (χ1n) is 12.1. The van der Waals surface area contributed by atoms with E-state index in [4.69, 9.17) is 15.5 Å². The number of esters is 1. The average Bonchev–Trinajstić information content (AvgIpc) is 2.98. The van der Waals surface area contributed by atoms with Crippen LogP contribution in [0.2, 0.25) is 0 Å². The minimum atomic E-state index is -0.854. The molecule has 0 aliphatic rings. The number of hydrogen-bond acceptors (Lipinski definition) is 7. The number of nitrogens with zero attached hydrogens (tertiary/aromatic N) is 3. The van der Waals surface area contributed by atoms with Gasteiger partial charge in [0.25, 0.3) is 5.56 Å². The Hall–Kier alpha value is -5.31. The molecule has 2 N–H and O–H groups in total. The Morgan fingerprint density at radius 3 is 2.15 bits per heavy atom. The summed E-state index contributed by atoms with van der Waals surface area (Å²) in [5, 5.41) is 0.553. The molecule has 5 aromatic rings. The number of para-hydroxylation sites is 1. The topological polar surface area (TPSA) is 126 Å². The minimum Gasteiger partial charge on any atom is -0.454 e. The Kier molecular flexibility index (Phi) is 6.64. The number of aromatic nitrogens is 3. The Morgan fingerprint density at radius 2 is 1.44 bits per heavy atom. The summed E-state index contributed by atoms with van der Waals surface area (Å²) in [7, 11) is 2.58. The molecule has 0 unspecified atom stereocenters. The molecular weight excluding hydrogens is 496 g/mol. The van der Waals surface area contributed by atoms with E-state index in [9.17, 15) is 19.2 Å². The van der Waals surface area contributed by atoms with Gasteiger partial charge in [0.05, 0.1) is 16.8 Å². The second kappa shape index (κ2) is 10.2. The first-order valence-corrected chi connectivity index (χ1v) is 12.1. The van der Waals surface area contributed by atoms with E-state index in [0.29, 0.717) is 16.6 Å². The maximum absolute atomic E-state index is 13.2. The summed E-state index contributed by atoms with van der Waals surface area (Å²) >= 11 is 0. The smallest absolute Gasteiger partial charge is 0.339 e. The summed E-state index contributed by atoms with van der Waals surface area (Å²) in [4.78, 5) is 55.3. The molecule has 2 aromatic heterocycles. The first-order chi connectivity index (χ1) is 18.8. The van der Waals surface area contributed by atoms with Gasteiger partial charge in [-0.3, -0.25) is 18.7 Å². The molecule has 39 heavy (non-hydrogen) atoms. The molecule has 0 bridgehead atoms. The number of carbonyl (C=O) groups is 2. The van der Waals surface area contributed by atoms with Crippen molar-refractivity contribution in [2.45, 2.75) is 0 Å². The maximum atomic E-state index is 13.2. The van der Waals surface area contributed by atoms with Crippen LogP contribution in [0, 0.1) is 0 Å². The molecule has 0 fully saturated rings. The molecule has 194 valence electrons. The van der Waals surface area contributed by atoms with Crippen molar-refractivity contribution in [2.24, 2.45) is 14.1 Å². The van der Waals surface area contributed by atoms with E-state index in [2.05, 4.69) is 0 Å². The van der Waals surface area contributed by atoms with Crippen LogP contribution in [0.5, 0.6) is 0 Å². The Morgan fingerprint density at radius 1 is 0.821 bits per heavy atom. The number of anilines is 1. The Balaban J connectivity index is 1.45. The molecule has 0 atom stereocenters. The molecule has 0 amide bonds. The quantitative estimate of drug-likeness (QED) is 0.268. The number of pyridine rings is 1. The van der Waals surface area contributed by atoms with Crippen molar-refractivity contribution in [1.82, 2.24) is 14.1 Å². The summed E-state index contributed by atoms with van der Waals surface area (Å²) in [6.45, 7) is -0.728. The highest BCUT2D eigenvalue weighted by Crippen LogP contribution is 2.28. The van der Waals surface area contributed by atoms with E-state index in [1.807, 2.05) is 60.7 Å². The number of ketones is 1. The normalized spacial score (nSPS) is 10.9. The van der Waals surface area contributed by atoms with Gasteiger partial charge in [0, 0.05) is 25.0 Å². The van der Waals surface area contributed by atoms with E-state index >= 15 is 0 Å². The fourth-order valence-electron chi connectivity index (χ4n) is 4.36. The van der Waals surface area contributed by atoms with Crippen LogP contribution in [0.25, 0.3) is 33.3 Å². The van der Waals surface area contributed by atoms with E-state index in [0.717, 1.165) is 25.8 Å². The number of fused-ring (bicyclic) bond motifs is 1. The number of nitrogens with two attached hydrogens (primary N) is 1. The van der Waals surface area contributed by atoms with Gasteiger partial charge in [0.15, 0.2) is 6.61 Å². The highest BCUT2D eigenvalue weighted by Gasteiger charge is 2.23. The third kappa shape index (κ3) is 4.73. The average molecular weight is 521 g/mol. The summed E-state index contributed by atoms with van der Waals surface area (Å²) < 4.78 is 7.10. The minimum absolute atomic E-state index is 0.219. The highest BCUT2D eigenvalue weighted by atomic mass is 16.5. The zero-order valence-corrected chi connectivity index (χ0v) is 21.3. The van der Waals surface area contributed by atoms with Crippen molar-refractivity contribution >= 4 is 28.5 Å². The number of benzene rings is 3. The maximum Gasteiger partial charge on any atom is 0.339 e. The van der Waals surface area contributed by atoms with E-state index in [1.54, 1.807) is 24.3 Å². The number of rotatable bonds is 6. The highest BCUT2D eigenvalue weighted by molar-refractivity contribution is 6.06. The summed E-state index contributed by atoms with van der Waals surface area (Å²) in [5.41, 5.74) is 8.21. The lowest BCUT2D eigenvalue weighted by Gasteiger charge is -2.12. The van der Waals surface area contributed by atoms with Crippen LogP contribution < -0.4 is 17.0 Å². The van der Waals surface area contributed by atoms with Gasteiger partial charge < -0.3 is 10.5 Å². The summed E-state index contributed by atoms with van der Waals surface area (Å²) in [6, 6.07) is 26.5. The van der Waals surface area contributed by atoms with Gasteiger partial charge in [-0.05, 0) is 23.3 Å². The molecule has 0 spiro atoms. The second-order valence-electron chi connectivity index (χ2n) is 8.98. The van der Waals surface area contributed by atoms with Crippen molar-refractivity contribution in [2.75, 3.05) is 12.3 Å². The molecule has 5 rings (SSSR count). The number of carbonyl (C=O) groups excluding carboxylic acids is 2. The lowest BCUT2D eigenvalue weighted by atomic mass is 10.0. The third-order valence-corrected chi connectivity index (χ3v) is 6.55. The van der Waals surface area contributed by atoms with Crippen LogP contribution in [0.15, 0.2) is 94.5 Å². The van der Waals surface area contributed by atoms with Gasteiger partial charge in [-0.2, -0.15) is 0 Å². The van der Waals surface area contributed by atoms with Crippen LogP contribution in [0.1, 0.15) is 20.7 Å². The Bertz CT molecular complexity index is 1860. The van der Waals surface area contributed by atoms with Crippen molar-refractivity contribution in [3.05, 3.63) is 117 Å². The molecule has 9 heteroatoms. The van der Waals surface area contributed by atoms with Crippen molar-refractivity contribution in [3.63, 3.8) is 0 Å². The van der Waals surface area contributed by atoms with Crippen LogP contribution in [-0.2, 0) is 18.8 Å². The Labute approximate surface area is 222 Å². The SMILES string of the molecule is Cn1c(N)c(C(=O)COC(=O)c2cc(-c3ccc(-c4ccccc4)cc3)nc3ccccc23)c(=O)n(C)c1=O. The van der Waals surface area contributed by atoms with Crippen molar-refractivity contribution in [3.8, 4) is 22.4 Å². The molecule has 2 heterocycles. The molecule has 0 saturated heterocycles. The molecule has 0 saturated carbocycles. The zero-order valence-electron chi connectivity index (χ0n) is 21.3. The van der Waals surface area contributed by atoms with Crippen LogP contribution in [0.4, 0.5) is 5.82 Å². The van der Waals surface area contributed by atoms with E-state index in [-0.39, 0.29) is 11.4 Å². The first kappa shape index (κ1) is 25.3. The lowest BCUT2D eigenvalue weighted by molar-refractivity contribution is 0.0476. The number of Topliss-reactive ketones (excluding diaryl/α,β-unsaturated/α-hetero) is 1. The van der Waals surface area contributed by atoms with E-state index < -0.39 is 35.2 Å².